The van der Waals surface area contributed by atoms with Crippen LogP contribution in [0.5, 0.6) is 0 Å². The van der Waals surface area contributed by atoms with Gasteiger partial charge < -0.3 is 15.0 Å². The van der Waals surface area contributed by atoms with Crippen LogP contribution < -0.4 is 5.32 Å². The quantitative estimate of drug-likeness (QED) is 0.926. The summed E-state index contributed by atoms with van der Waals surface area (Å²) in [6.07, 6.45) is -0.200. The lowest BCUT2D eigenvalue weighted by Gasteiger charge is -2.42. The molecule has 1 unspecified atom stereocenters. The fraction of sp³-hybridized carbons (Fsp3) is 0.588. The van der Waals surface area contributed by atoms with E-state index in [2.05, 4.69) is 36.5 Å². The first-order valence-corrected chi connectivity index (χ1v) is 7.60. The average Bonchev–Trinajstić information content (AvgIpc) is 2.33. The average molecular weight is 290 g/mol. The second kappa shape index (κ2) is 6.48. The summed E-state index contributed by atoms with van der Waals surface area (Å²) in [7, 11) is 0. The summed E-state index contributed by atoms with van der Waals surface area (Å²) in [5, 5.41) is 3.53. The Morgan fingerprint density at radius 1 is 1.33 bits per heavy atom. The molecule has 1 N–H and O–H groups in total. The number of benzene rings is 1. The van der Waals surface area contributed by atoms with E-state index in [1.807, 2.05) is 26.8 Å². The molecule has 1 aliphatic rings. The summed E-state index contributed by atoms with van der Waals surface area (Å²) in [6, 6.07) is 10.8. The van der Waals surface area contributed by atoms with Crippen LogP contribution in [0.25, 0.3) is 0 Å². The Morgan fingerprint density at radius 2 is 1.95 bits per heavy atom. The summed E-state index contributed by atoms with van der Waals surface area (Å²) in [5.41, 5.74) is 0.868. The number of amides is 1. The van der Waals surface area contributed by atoms with Gasteiger partial charge >= 0.3 is 6.09 Å². The number of ether oxygens (including phenoxy) is 1. The number of nitrogens with zero attached hydrogens (tertiary/aromatic N) is 1. The van der Waals surface area contributed by atoms with Gasteiger partial charge in [0.15, 0.2) is 0 Å². The van der Waals surface area contributed by atoms with Gasteiger partial charge in [0, 0.05) is 31.6 Å². The van der Waals surface area contributed by atoms with Gasteiger partial charge in [0.2, 0.25) is 0 Å². The molecule has 1 fully saturated rings. The van der Waals surface area contributed by atoms with E-state index in [9.17, 15) is 4.79 Å². The first-order valence-electron chi connectivity index (χ1n) is 7.60. The van der Waals surface area contributed by atoms with E-state index < -0.39 is 5.60 Å². The van der Waals surface area contributed by atoms with Crippen molar-refractivity contribution in [3.63, 3.8) is 0 Å². The Balaban J connectivity index is 1.70. The van der Waals surface area contributed by atoms with Crippen LogP contribution in [0.3, 0.4) is 0 Å². The largest absolute Gasteiger partial charge is 0.444 e. The lowest BCUT2D eigenvalue weighted by Crippen LogP contribution is -2.57. The van der Waals surface area contributed by atoms with Crippen molar-refractivity contribution in [3.8, 4) is 0 Å². The van der Waals surface area contributed by atoms with Crippen molar-refractivity contribution in [1.82, 2.24) is 10.2 Å². The Bertz CT molecular complexity index is 461. The standard InChI is InChI=1S/C17H26N2O2/c1-13(18-10-14-8-6-5-7-9-14)15-11-19(12-15)16(20)21-17(2,3)4/h5-9,13,15,18H,10-12H2,1-4H3. The van der Waals surface area contributed by atoms with Crippen LogP contribution >= 0.6 is 0 Å². The zero-order chi connectivity index (χ0) is 15.5. The van der Waals surface area contributed by atoms with Crippen molar-refractivity contribution < 1.29 is 9.53 Å². The lowest BCUT2D eigenvalue weighted by atomic mass is 9.93. The van der Waals surface area contributed by atoms with Crippen molar-refractivity contribution in [3.05, 3.63) is 35.9 Å². The van der Waals surface area contributed by atoms with Gasteiger partial charge in [-0.3, -0.25) is 0 Å². The fourth-order valence-electron chi connectivity index (χ4n) is 2.35. The molecule has 0 aliphatic carbocycles. The molecule has 116 valence electrons. The molecule has 0 bridgehead atoms. The van der Waals surface area contributed by atoms with Gasteiger partial charge in [-0.05, 0) is 33.3 Å². The molecule has 0 aromatic heterocycles. The monoisotopic (exact) mass is 290 g/mol. The van der Waals surface area contributed by atoms with Crippen LogP contribution in [0.4, 0.5) is 4.79 Å². The van der Waals surface area contributed by atoms with Gasteiger partial charge in [0.1, 0.15) is 5.60 Å². The maximum Gasteiger partial charge on any atom is 0.410 e. The van der Waals surface area contributed by atoms with Gasteiger partial charge in [-0.25, -0.2) is 4.79 Å². The number of nitrogens with one attached hydrogen (secondary N) is 1. The summed E-state index contributed by atoms with van der Waals surface area (Å²) in [4.78, 5) is 13.6. The maximum atomic E-state index is 11.9. The van der Waals surface area contributed by atoms with E-state index in [1.54, 1.807) is 4.90 Å². The zero-order valence-electron chi connectivity index (χ0n) is 13.4. The number of carbonyl (C=O) groups is 1. The van der Waals surface area contributed by atoms with Crippen LogP contribution in [0.2, 0.25) is 0 Å². The Labute approximate surface area is 127 Å². The topological polar surface area (TPSA) is 41.6 Å². The highest BCUT2D eigenvalue weighted by atomic mass is 16.6. The molecule has 1 aromatic rings. The molecular weight excluding hydrogens is 264 g/mol. The highest BCUT2D eigenvalue weighted by molar-refractivity contribution is 5.69. The van der Waals surface area contributed by atoms with Crippen molar-refractivity contribution in [1.29, 1.82) is 0 Å². The predicted octanol–water partition coefficient (Wildman–Crippen LogP) is 3.03. The molecule has 1 heterocycles. The minimum atomic E-state index is -0.417. The van der Waals surface area contributed by atoms with Gasteiger partial charge in [-0.15, -0.1) is 0 Å². The molecule has 1 amide bonds. The van der Waals surface area contributed by atoms with E-state index in [1.165, 1.54) is 5.56 Å². The lowest BCUT2D eigenvalue weighted by molar-refractivity contribution is -0.00579. The second-order valence-corrected chi connectivity index (χ2v) is 6.80. The molecule has 4 nitrogen and oxygen atoms in total. The number of hydrogen-bond acceptors (Lipinski definition) is 3. The Kier molecular flexibility index (Phi) is 4.88. The zero-order valence-corrected chi connectivity index (χ0v) is 13.4. The van der Waals surface area contributed by atoms with Crippen molar-refractivity contribution in [2.24, 2.45) is 5.92 Å². The fourth-order valence-corrected chi connectivity index (χ4v) is 2.35. The van der Waals surface area contributed by atoms with E-state index >= 15 is 0 Å². The van der Waals surface area contributed by atoms with E-state index in [0.717, 1.165) is 19.6 Å². The third-order valence-electron chi connectivity index (χ3n) is 3.74. The minimum absolute atomic E-state index is 0.200. The van der Waals surface area contributed by atoms with Gasteiger partial charge in [-0.2, -0.15) is 0 Å². The number of likely N-dealkylation sites (tertiary alicyclic amines) is 1. The Morgan fingerprint density at radius 3 is 2.52 bits per heavy atom. The SMILES string of the molecule is CC(NCc1ccccc1)C1CN(C(=O)OC(C)(C)C)C1. The first kappa shape index (κ1) is 15.8. The highest BCUT2D eigenvalue weighted by Crippen LogP contribution is 2.22. The maximum absolute atomic E-state index is 11.9. The third-order valence-corrected chi connectivity index (χ3v) is 3.74. The van der Waals surface area contributed by atoms with Crippen molar-refractivity contribution in [2.75, 3.05) is 13.1 Å². The molecule has 21 heavy (non-hydrogen) atoms. The predicted molar refractivity (Wildman–Crippen MR) is 84.0 cm³/mol. The summed E-state index contributed by atoms with van der Waals surface area (Å²) >= 11 is 0. The van der Waals surface area contributed by atoms with Crippen molar-refractivity contribution >= 4 is 6.09 Å². The molecule has 1 atom stereocenters. The molecule has 4 heteroatoms. The molecule has 1 aromatic carbocycles. The second-order valence-electron chi connectivity index (χ2n) is 6.80. The minimum Gasteiger partial charge on any atom is -0.444 e. The van der Waals surface area contributed by atoms with Gasteiger partial charge in [0.05, 0.1) is 0 Å². The summed E-state index contributed by atoms with van der Waals surface area (Å²) in [6.45, 7) is 10.3. The van der Waals surface area contributed by atoms with Crippen LogP contribution in [0.15, 0.2) is 30.3 Å². The molecule has 0 spiro atoms. The van der Waals surface area contributed by atoms with Gasteiger partial charge in [-0.1, -0.05) is 30.3 Å². The van der Waals surface area contributed by atoms with Crippen LogP contribution in [-0.2, 0) is 11.3 Å². The number of carbonyl (C=O) groups excluding carboxylic acids is 1. The molecule has 2 rings (SSSR count). The summed E-state index contributed by atoms with van der Waals surface area (Å²) < 4.78 is 5.37. The van der Waals surface area contributed by atoms with Crippen LogP contribution in [0, 0.1) is 5.92 Å². The molecule has 1 saturated heterocycles. The van der Waals surface area contributed by atoms with E-state index in [-0.39, 0.29) is 6.09 Å². The molecule has 1 aliphatic heterocycles. The van der Waals surface area contributed by atoms with Crippen molar-refractivity contribution in [2.45, 2.75) is 45.9 Å². The number of rotatable bonds is 4. The molecular formula is C17H26N2O2. The van der Waals surface area contributed by atoms with E-state index in [4.69, 9.17) is 4.74 Å². The Hall–Kier alpha value is -1.55. The third kappa shape index (κ3) is 4.74. The van der Waals surface area contributed by atoms with Crippen LogP contribution in [-0.4, -0.2) is 35.7 Å². The van der Waals surface area contributed by atoms with Gasteiger partial charge in [0.25, 0.3) is 0 Å². The summed E-state index contributed by atoms with van der Waals surface area (Å²) in [5.74, 6) is 0.501. The smallest absolute Gasteiger partial charge is 0.410 e. The molecule has 0 saturated carbocycles. The normalized spacial score (nSPS) is 17.2. The van der Waals surface area contributed by atoms with E-state index in [0.29, 0.717) is 12.0 Å². The highest BCUT2D eigenvalue weighted by Gasteiger charge is 2.36. The molecule has 0 radical (unpaired) electrons. The first-order chi connectivity index (χ1) is 9.85. The number of hydrogen-bond donors (Lipinski definition) is 1. The van der Waals surface area contributed by atoms with Crippen LogP contribution in [0.1, 0.15) is 33.3 Å².